The van der Waals surface area contributed by atoms with Gasteiger partial charge >= 0.3 is 0 Å². The molecule has 1 aromatic carbocycles. The molecule has 0 aliphatic carbocycles. The van der Waals surface area contributed by atoms with Crippen LogP contribution in [0.3, 0.4) is 0 Å². The van der Waals surface area contributed by atoms with Crippen molar-refractivity contribution in [3.8, 4) is 0 Å². The molecule has 0 amide bonds. The summed E-state index contributed by atoms with van der Waals surface area (Å²) in [5, 5.41) is 6.77. The summed E-state index contributed by atoms with van der Waals surface area (Å²) in [6.45, 7) is 10.6. The number of nitrogens with one attached hydrogen (secondary N) is 2. The predicted octanol–water partition coefficient (Wildman–Crippen LogP) is 1.32. The molecule has 1 aliphatic rings. The molecule has 1 heterocycles. The lowest BCUT2D eigenvalue weighted by molar-refractivity contribution is -0.0161. The fourth-order valence-electron chi connectivity index (χ4n) is 3.03. The number of hydrogen-bond acceptors (Lipinski definition) is 4. The van der Waals surface area contributed by atoms with Crippen molar-refractivity contribution >= 4 is 11.6 Å². The molecule has 0 aromatic heterocycles. The van der Waals surface area contributed by atoms with E-state index in [1.54, 1.807) is 7.05 Å². The monoisotopic (exact) mass is 347 g/mol. The number of aliphatic imine (C=N–C) groups is 1. The Morgan fingerprint density at radius 2 is 2.24 bits per heavy atom. The van der Waals surface area contributed by atoms with Gasteiger partial charge in [0, 0.05) is 52.0 Å². The minimum absolute atomic E-state index is 0.219. The van der Waals surface area contributed by atoms with Crippen molar-refractivity contribution < 1.29 is 4.74 Å². The lowest BCUT2D eigenvalue weighted by Crippen LogP contribution is -2.49. The summed E-state index contributed by atoms with van der Waals surface area (Å²) in [7, 11) is 3.94. The molecule has 0 saturated carbocycles. The first-order valence-corrected chi connectivity index (χ1v) is 9.18. The van der Waals surface area contributed by atoms with Gasteiger partial charge in [-0.05, 0) is 38.6 Å². The van der Waals surface area contributed by atoms with Crippen molar-refractivity contribution in [3.63, 3.8) is 0 Å². The highest BCUT2D eigenvalue weighted by Crippen LogP contribution is 2.14. The van der Waals surface area contributed by atoms with Crippen molar-refractivity contribution in [1.82, 2.24) is 15.5 Å². The van der Waals surface area contributed by atoms with E-state index in [1.807, 2.05) is 0 Å². The first kappa shape index (κ1) is 19.5. The van der Waals surface area contributed by atoms with Gasteiger partial charge in [-0.25, -0.2) is 0 Å². The number of rotatable bonds is 7. The van der Waals surface area contributed by atoms with Gasteiger partial charge in [-0.15, -0.1) is 0 Å². The van der Waals surface area contributed by atoms with E-state index in [0.29, 0.717) is 0 Å². The lowest BCUT2D eigenvalue weighted by atomic mass is 10.2. The van der Waals surface area contributed by atoms with Gasteiger partial charge in [0.25, 0.3) is 0 Å². The highest BCUT2D eigenvalue weighted by molar-refractivity contribution is 5.79. The van der Waals surface area contributed by atoms with E-state index in [0.717, 1.165) is 51.8 Å². The highest BCUT2D eigenvalue weighted by atomic mass is 16.5. The molecule has 25 heavy (non-hydrogen) atoms. The maximum atomic E-state index is 5.78. The summed E-state index contributed by atoms with van der Waals surface area (Å²) < 4.78 is 5.78. The fraction of sp³-hybridized carbons (Fsp3) is 0.632. The summed E-state index contributed by atoms with van der Waals surface area (Å²) in [5.41, 5.74) is 2.56. The number of hydrogen-bond donors (Lipinski definition) is 2. The zero-order valence-corrected chi connectivity index (χ0v) is 16.1. The number of ether oxygens (including phenoxy) is 1. The van der Waals surface area contributed by atoms with Gasteiger partial charge < -0.3 is 25.2 Å². The van der Waals surface area contributed by atoms with E-state index in [4.69, 9.17) is 4.74 Å². The van der Waals surface area contributed by atoms with Gasteiger partial charge in [-0.1, -0.05) is 12.1 Å². The number of aryl methyl sites for hydroxylation is 1. The van der Waals surface area contributed by atoms with E-state index in [9.17, 15) is 0 Å². The van der Waals surface area contributed by atoms with Gasteiger partial charge in [-0.2, -0.15) is 0 Å². The topological polar surface area (TPSA) is 52.1 Å². The maximum Gasteiger partial charge on any atom is 0.191 e. The minimum atomic E-state index is 0.219. The molecule has 1 atom stereocenters. The van der Waals surface area contributed by atoms with Crippen molar-refractivity contribution in [2.45, 2.75) is 20.0 Å². The molecule has 1 fully saturated rings. The Balaban J connectivity index is 1.74. The second-order valence-electron chi connectivity index (χ2n) is 6.55. The Labute approximate surface area is 152 Å². The minimum Gasteiger partial charge on any atom is -0.374 e. The summed E-state index contributed by atoms with van der Waals surface area (Å²) >= 11 is 0. The third-order valence-corrected chi connectivity index (χ3v) is 4.49. The van der Waals surface area contributed by atoms with Crippen molar-refractivity contribution in [3.05, 3.63) is 29.8 Å². The van der Waals surface area contributed by atoms with E-state index in [-0.39, 0.29) is 6.10 Å². The van der Waals surface area contributed by atoms with Crippen molar-refractivity contribution in [1.29, 1.82) is 0 Å². The zero-order valence-electron chi connectivity index (χ0n) is 16.1. The van der Waals surface area contributed by atoms with Gasteiger partial charge in [-0.3, -0.25) is 4.99 Å². The summed E-state index contributed by atoms with van der Waals surface area (Å²) in [4.78, 5) is 8.97. The molecule has 2 N–H and O–H groups in total. The normalized spacial score (nSPS) is 18.9. The number of anilines is 1. The van der Waals surface area contributed by atoms with Gasteiger partial charge in [0.1, 0.15) is 0 Å². The average molecular weight is 348 g/mol. The summed E-state index contributed by atoms with van der Waals surface area (Å²) in [6, 6.07) is 8.64. The number of guanidine groups is 1. The van der Waals surface area contributed by atoms with Crippen LogP contribution in [0.2, 0.25) is 0 Å². The Bertz CT molecular complexity index is 548. The lowest BCUT2D eigenvalue weighted by Gasteiger charge is -2.30. The first-order chi connectivity index (χ1) is 12.1. The Hall–Kier alpha value is -1.79. The second-order valence-corrected chi connectivity index (χ2v) is 6.55. The SMILES string of the molecule is CCN(CCNC(=NC)NCC1CN(C)CCO1)c1cccc(C)c1. The molecule has 1 unspecified atom stereocenters. The summed E-state index contributed by atoms with van der Waals surface area (Å²) in [6.07, 6.45) is 0.219. The maximum absolute atomic E-state index is 5.78. The largest absolute Gasteiger partial charge is 0.374 e. The van der Waals surface area contributed by atoms with Crippen molar-refractivity contribution in [2.24, 2.45) is 4.99 Å². The first-order valence-electron chi connectivity index (χ1n) is 9.18. The summed E-state index contributed by atoms with van der Waals surface area (Å²) in [5.74, 6) is 0.831. The third-order valence-electron chi connectivity index (χ3n) is 4.49. The molecule has 0 spiro atoms. The molecule has 1 aliphatic heterocycles. The molecule has 6 heteroatoms. The van der Waals surface area contributed by atoms with Crippen LogP contribution in [0.4, 0.5) is 5.69 Å². The second kappa shape index (κ2) is 10.3. The van der Waals surface area contributed by atoms with Crippen LogP contribution in [0.25, 0.3) is 0 Å². The number of nitrogens with zero attached hydrogens (tertiary/aromatic N) is 3. The quantitative estimate of drug-likeness (QED) is 0.575. The predicted molar refractivity (Wildman–Crippen MR) is 106 cm³/mol. The van der Waals surface area contributed by atoms with E-state index in [2.05, 4.69) is 70.6 Å². The van der Waals surface area contributed by atoms with Crippen LogP contribution < -0.4 is 15.5 Å². The van der Waals surface area contributed by atoms with E-state index < -0.39 is 0 Å². The molecule has 2 rings (SSSR count). The molecule has 1 saturated heterocycles. The van der Waals surface area contributed by atoms with E-state index in [1.165, 1.54) is 11.3 Å². The number of likely N-dealkylation sites (N-methyl/N-ethyl adjacent to an activating group) is 2. The Kier molecular flexibility index (Phi) is 8.01. The van der Waals surface area contributed by atoms with Crippen LogP contribution in [0, 0.1) is 6.92 Å². The van der Waals surface area contributed by atoms with Crippen LogP contribution in [0.15, 0.2) is 29.3 Å². The molecular weight excluding hydrogens is 314 g/mol. The van der Waals surface area contributed by atoms with Crippen LogP contribution in [-0.2, 0) is 4.74 Å². The molecule has 6 nitrogen and oxygen atoms in total. The van der Waals surface area contributed by atoms with Gasteiger partial charge in [0.05, 0.1) is 12.7 Å². The molecule has 0 radical (unpaired) electrons. The van der Waals surface area contributed by atoms with Crippen molar-refractivity contribution in [2.75, 3.05) is 64.9 Å². The molecular formula is C19H33N5O. The third kappa shape index (κ3) is 6.55. The Morgan fingerprint density at radius 1 is 1.40 bits per heavy atom. The smallest absolute Gasteiger partial charge is 0.191 e. The standard InChI is InChI=1S/C19H33N5O/c1-5-24(17-8-6-7-16(2)13-17)10-9-21-19(20-3)22-14-18-15-23(4)11-12-25-18/h6-8,13,18H,5,9-12,14-15H2,1-4H3,(H2,20,21,22). The Morgan fingerprint density at radius 3 is 2.92 bits per heavy atom. The van der Waals surface area contributed by atoms with Crippen LogP contribution in [0.1, 0.15) is 12.5 Å². The molecule has 0 bridgehead atoms. The zero-order chi connectivity index (χ0) is 18.1. The van der Waals surface area contributed by atoms with Crippen LogP contribution in [0.5, 0.6) is 0 Å². The fourth-order valence-corrected chi connectivity index (χ4v) is 3.03. The molecule has 140 valence electrons. The molecule has 1 aromatic rings. The van der Waals surface area contributed by atoms with Gasteiger partial charge in [0.15, 0.2) is 5.96 Å². The van der Waals surface area contributed by atoms with E-state index >= 15 is 0 Å². The van der Waals surface area contributed by atoms with Crippen LogP contribution >= 0.6 is 0 Å². The number of benzene rings is 1. The van der Waals surface area contributed by atoms with Crippen LogP contribution in [-0.4, -0.2) is 76.9 Å². The average Bonchev–Trinajstić information content (AvgIpc) is 2.61. The van der Waals surface area contributed by atoms with Gasteiger partial charge in [0.2, 0.25) is 0 Å². The highest BCUT2D eigenvalue weighted by Gasteiger charge is 2.17. The number of morpholine rings is 1.